The van der Waals surface area contributed by atoms with Crippen LogP contribution in [0, 0.1) is 0 Å². The Balaban J connectivity index is 1.86. The van der Waals surface area contributed by atoms with Crippen LogP contribution >= 0.6 is 0 Å². The second-order valence-electron chi connectivity index (χ2n) is 4.59. The van der Waals surface area contributed by atoms with Crippen molar-refractivity contribution < 1.29 is 18.0 Å². The van der Waals surface area contributed by atoms with Crippen LogP contribution < -0.4 is 15.6 Å². The van der Waals surface area contributed by atoms with E-state index < -0.39 is 21.8 Å². The molecule has 0 atom stereocenters. The van der Waals surface area contributed by atoms with Crippen LogP contribution in [-0.2, 0) is 10.0 Å². The summed E-state index contributed by atoms with van der Waals surface area (Å²) < 4.78 is 24.4. The highest BCUT2D eigenvalue weighted by Crippen LogP contribution is 2.20. The topological polar surface area (TPSA) is 104 Å². The number of para-hydroxylation sites is 1. The SMILES string of the molecule is O=C1NC(=O)c2cc(S(=O)(=O)NNc3ccccc3)ccc21. The predicted octanol–water partition coefficient (Wildman–Crippen LogP) is 0.876. The van der Waals surface area contributed by atoms with E-state index in [1.165, 1.54) is 18.2 Å². The predicted molar refractivity (Wildman–Crippen MR) is 78.6 cm³/mol. The molecule has 0 aromatic heterocycles. The summed E-state index contributed by atoms with van der Waals surface area (Å²) in [5.41, 5.74) is 3.35. The first-order valence-corrected chi connectivity index (χ1v) is 7.78. The molecule has 112 valence electrons. The van der Waals surface area contributed by atoms with Gasteiger partial charge < -0.3 is 5.43 Å². The molecule has 0 bridgehead atoms. The summed E-state index contributed by atoms with van der Waals surface area (Å²) in [5, 5.41) is 2.11. The van der Waals surface area contributed by atoms with E-state index in [0.29, 0.717) is 5.69 Å². The molecular formula is C14H11N3O4S. The van der Waals surface area contributed by atoms with Crippen LogP contribution in [0.4, 0.5) is 5.69 Å². The monoisotopic (exact) mass is 317 g/mol. The maximum absolute atomic E-state index is 12.2. The fourth-order valence-corrected chi connectivity index (χ4v) is 2.91. The normalized spacial score (nSPS) is 13.6. The first kappa shape index (κ1) is 14.2. The number of hydrogen-bond acceptors (Lipinski definition) is 5. The number of carbonyl (C=O) groups excluding carboxylic acids is 2. The van der Waals surface area contributed by atoms with Gasteiger partial charge in [-0.15, -0.1) is 4.83 Å². The van der Waals surface area contributed by atoms with Gasteiger partial charge in [0.25, 0.3) is 21.8 Å². The number of sulfonamides is 1. The van der Waals surface area contributed by atoms with Crippen LogP contribution in [0.3, 0.4) is 0 Å². The zero-order chi connectivity index (χ0) is 15.7. The Bertz CT molecular complexity index is 863. The fraction of sp³-hybridized carbons (Fsp3) is 0. The average molecular weight is 317 g/mol. The van der Waals surface area contributed by atoms with Crippen molar-refractivity contribution in [2.45, 2.75) is 4.90 Å². The molecule has 0 spiro atoms. The fourth-order valence-electron chi connectivity index (χ4n) is 2.02. The van der Waals surface area contributed by atoms with Crippen molar-refractivity contribution in [1.29, 1.82) is 0 Å². The first-order chi connectivity index (χ1) is 10.5. The number of carbonyl (C=O) groups is 2. The van der Waals surface area contributed by atoms with E-state index in [4.69, 9.17) is 0 Å². The van der Waals surface area contributed by atoms with E-state index >= 15 is 0 Å². The third-order valence-electron chi connectivity index (χ3n) is 3.12. The van der Waals surface area contributed by atoms with Gasteiger partial charge in [0.15, 0.2) is 0 Å². The Morgan fingerprint density at radius 2 is 1.55 bits per heavy atom. The maximum atomic E-state index is 12.2. The summed E-state index contributed by atoms with van der Waals surface area (Å²) in [6.45, 7) is 0. The summed E-state index contributed by atoms with van der Waals surface area (Å²) in [4.78, 5) is 25.1. The number of hydrogen-bond donors (Lipinski definition) is 3. The molecule has 2 aromatic carbocycles. The minimum atomic E-state index is -3.87. The molecule has 2 amide bonds. The number of amides is 2. The van der Waals surface area contributed by atoms with E-state index in [9.17, 15) is 18.0 Å². The van der Waals surface area contributed by atoms with Crippen LogP contribution in [0.25, 0.3) is 0 Å². The lowest BCUT2D eigenvalue weighted by molar-refractivity contribution is 0.0879. The molecule has 0 fully saturated rings. The summed E-state index contributed by atoms with van der Waals surface area (Å²) in [5.74, 6) is -1.13. The van der Waals surface area contributed by atoms with Gasteiger partial charge in [-0.2, -0.15) is 0 Å². The average Bonchev–Trinajstić information content (AvgIpc) is 2.81. The van der Waals surface area contributed by atoms with Gasteiger partial charge in [-0.25, -0.2) is 8.42 Å². The van der Waals surface area contributed by atoms with Crippen molar-refractivity contribution in [2.75, 3.05) is 5.43 Å². The molecule has 0 aliphatic carbocycles. The van der Waals surface area contributed by atoms with Crippen molar-refractivity contribution in [1.82, 2.24) is 10.1 Å². The quantitative estimate of drug-likeness (QED) is 0.573. The van der Waals surface area contributed by atoms with Gasteiger partial charge in [-0.1, -0.05) is 18.2 Å². The zero-order valence-electron chi connectivity index (χ0n) is 11.2. The molecule has 1 heterocycles. The lowest BCUT2D eigenvalue weighted by Crippen LogP contribution is -2.29. The highest BCUT2D eigenvalue weighted by molar-refractivity contribution is 7.89. The largest absolute Gasteiger partial charge is 0.308 e. The molecule has 1 aliphatic heterocycles. The standard InChI is InChI=1S/C14H11N3O4S/c18-13-11-7-6-10(8-12(11)14(19)15-13)22(20,21)17-16-9-4-2-1-3-5-9/h1-8,16-17H,(H,15,18,19). The Labute approximate surface area is 126 Å². The van der Waals surface area contributed by atoms with Crippen molar-refractivity contribution in [3.63, 3.8) is 0 Å². The summed E-state index contributed by atoms with van der Waals surface area (Å²) in [6, 6.07) is 12.4. The molecule has 1 aliphatic rings. The van der Waals surface area contributed by atoms with Crippen LogP contribution in [0.5, 0.6) is 0 Å². The summed E-state index contributed by atoms with van der Waals surface area (Å²) in [7, 11) is -3.87. The summed E-state index contributed by atoms with van der Waals surface area (Å²) >= 11 is 0. The molecule has 2 aromatic rings. The number of hydrazine groups is 1. The molecule has 3 N–H and O–H groups in total. The number of imide groups is 1. The van der Waals surface area contributed by atoms with E-state index in [1.807, 2.05) is 0 Å². The number of benzene rings is 2. The second kappa shape index (κ2) is 5.24. The van der Waals surface area contributed by atoms with Gasteiger partial charge in [0.2, 0.25) is 0 Å². The molecule has 0 radical (unpaired) electrons. The molecule has 22 heavy (non-hydrogen) atoms. The van der Waals surface area contributed by atoms with E-state index in [1.54, 1.807) is 30.3 Å². The van der Waals surface area contributed by atoms with Crippen LogP contribution in [0.2, 0.25) is 0 Å². The Hall–Kier alpha value is -2.71. The summed E-state index contributed by atoms with van der Waals surface area (Å²) in [6.07, 6.45) is 0. The number of nitrogens with one attached hydrogen (secondary N) is 3. The maximum Gasteiger partial charge on any atom is 0.258 e. The first-order valence-electron chi connectivity index (χ1n) is 6.30. The van der Waals surface area contributed by atoms with E-state index in [-0.39, 0.29) is 16.0 Å². The molecule has 8 heteroatoms. The smallest absolute Gasteiger partial charge is 0.258 e. The van der Waals surface area contributed by atoms with Crippen molar-refractivity contribution in [2.24, 2.45) is 0 Å². The van der Waals surface area contributed by atoms with Gasteiger partial charge in [0.05, 0.1) is 16.0 Å². The second-order valence-corrected chi connectivity index (χ2v) is 6.27. The Kier molecular flexibility index (Phi) is 3.39. The molecule has 0 saturated heterocycles. The van der Waals surface area contributed by atoms with Crippen LogP contribution in [0.15, 0.2) is 53.4 Å². The highest BCUT2D eigenvalue weighted by Gasteiger charge is 2.28. The molecule has 0 unspecified atom stereocenters. The van der Waals surface area contributed by atoms with Crippen molar-refractivity contribution in [3.8, 4) is 0 Å². The van der Waals surface area contributed by atoms with Gasteiger partial charge in [0, 0.05) is 5.69 Å². The number of fused-ring (bicyclic) bond motifs is 1. The van der Waals surface area contributed by atoms with Gasteiger partial charge in [-0.05, 0) is 30.3 Å². The highest BCUT2D eigenvalue weighted by atomic mass is 32.2. The van der Waals surface area contributed by atoms with Crippen molar-refractivity contribution >= 4 is 27.5 Å². The van der Waals surface area contributed by atoms with Gasteiger partial charge >= 0.3 is 0 Å². The lowest BCUT2D eigenvalue weighted by atomic mass is 10.1. The van der Waals surface area contributed by atoms with Crippen LogP contribution in [0.1, 0.15) is 20.7 Å². The Morgan fingerprint density at radius 3 is 2.27 bits per heavy atom. The Morgan fingerprint density at radius 1 is 0.864 bits per heavy atom. The van der Waals surface area contributed by atoms with Crippen LogP contribution in [-0.4, -0.2) is 20.2 Å². The lowest BCUT2D eigenvalue weighted by Gasteiger charge is -2.09. The van der Waals surface area contributed by atoms with Crippen molar-refractivity contribution in [3.05, 3.63) is 59.7 Å². The van der Waals surface area contributed by atoms with E-state index in [0.717, 1.165) is 0 Å². The molecule has 7 nitrogen and oxygen atoms in total. The molecular weight excluding hydrogens is 306 g/mol. The molecule has 3 rings (SSSR count). The third kappa shape index (κ3) is 2.57. The van der Waals surface area contributed by atoms with Gasteiger partial charge in [0.1, 0.15) is 0 Å². The third-order valence-corrected chi connectivity index (χ3v) is 4.37. The van der Waals surface area contributed by atoms with Gasteiger partial charge in [-0.3, -0.25) is 14.9 Å². The zero-order valence-corrected chi connectivity index (χ0v) is 12.0. The molecule has 0 saturated carbocycles. The minimum absolute atomic E-state index is 0.0487. The number of anilines is 1. The number of rotatable bonds is 4. The van der Waals surface area contributed by atoms with E-state index in [2.05, 4.69) is 15.6 Å². The minimum Gasteiger partial charge on any atom is -0.308 e.